The Balaban J connectivity index is 1.94. The van der Waals surface area contributed by atoms with Gasteiger partial charge in [0.25, 0.3) is 0 Å². The molecule has 2 aromatic rings. The molecule has 0 unspecified atom stereocenters. The summed E-state index contributed by atoms with van der Waals surface area (Å²) < 4.78 is 21.0. The number of ether oxygens (including phenoxy) is 1. The summed E-state index contributed by atoms with van der Waals surface area (Å²) in [4.78, 5) is 25.5. The SMILES string of the molecule is O=C1CC[C@]2(C(=O)Nc3cc(Cl)ccc32)[C@@H](c2c(OCCO)ccc(Br)c2F)N1. The zero-order valence-electron chi connectivity index (χ0n) is 15.1. The van der Waals surface area contributed by atoms with E-state index in [0.717, 1.165) is 0 Å². The molecule has 9 heteroatoms. The Hall–Kier alpha value is -2.16. The molecule has 3 N–H and O–H groups in total. The van der Waals surface area contributed by atoms with Gasteiger partial charge in [-0.3, -0.25) is 9.59 Å². The van der Waals surface area contributed by atoms with Gasteiger partial charge in [0.05, 0.1) is 22.7 Å². The average molecular weight is 484 g/mol. The summed E-state index contributed by atoms with van der Waals surface area (Å²) >= 11 is 9.25. The van der Waals surface area contributed by atoms with Crippen LogP contribution in [0.1, 0.15) is 30.0 Å². The monoisotopic (exact) mass is 482 g/mol. The molecule has 6 nitrogen and oxygen atoms in total. The van der Waals surface area contributed by atoms with Crippen LogP contribution in [-0.2, 0) is 15.0 Å². The highest BCUT2D eigenvalue weighted by Crippen LogP contribution is 2.53. The summed E-state index contributed by atoms with van der Waals surface area (Å²) in [5.41, 5.74) is 0.0207. The summed E-state index contributed by atoms with van der Waals surface area (Å²) in [6.07, 6.45) is 0.323. The molecule has 2 aliphatic rings. The van der Waals surface area contributed by atoms with Gasteiger partial charge in [0.15, 0.2) is 0 Å². The second kappa shape index (κ2) is 7.59. The van der Waals surface area contributed by atoms with Crippen molar-refractivity contribution in [3.63, 3.8) is 0 Å². The number of rotatable bonds is 4. The van der Waals surface area contributed by atoms with Gasteiger partial charge in [-0.25, -0.2) is 4.39 Å². The highest BCUT2D eigenvalue weighted by Gasteiger charge is 2.56. The standard InChI is InChI=1S/C20H17BrClFN2O4/c21-12-3-4-14(29-8-7-26)16(17(12)23)18-20(6-5-15(27)25-18)11-2-1-10(22)9-13(11)24-19(20)28/h1-4,9,18,26H,5-8H2,(H,24,28)(H,25,27)/t18-,20-/m1/s1. The number of benzene rings is 2. The Morgan fingerprint density at radius 3 is 2.86 bits per heavy atom. The summed E-state index contributed by atoms with van der Waals surface area (Å²) in [6.45, 7) is -0.318. The molecular formula is C20H17BrClFN2O4. The Morgan fingerprint density at radius 1 is 1.31 bits per heavy atom. The third-order valence-corrected chi connectivity index (χ3v) is 6.24. The van der Waals surface area contributed by atoms with Gasteiger partial charge in [-0.2, -0.15) is 0 Å². The number of aliphatic hydroxyl groups is 1. The van der Waals surface area contributed by atoms with Crippen LogP contribution < -0.4 is 15.4 Å². The molecule has 4 rings (SSSR count). The van der Waals surface area contributed by atoms with Crippen molar-refractivity contribution in [2.24, 2.45) is 0 Å². The molecule has 2 amide bonds. The van der Waals surface area contributed by atoms with E-state index in [-0.39, 0.29) is 53.7 Å². The molecule has 0 aliphatic carbocycles. The maximum Gasteiger partial charge on any atom is 0.237 e. The fourth-order valence-corrected chi connectivity index (χ4v) is 4.65. The lowest BCUT2D eigenvalue weighted by Gasteiger charge is -2.41. The Morgan fingerprint density at radius 2 is 2.10 bits per heavy atom. The van der Waals surface area contributed by atoms with Crippen LogP contribution in [0.3, 0.4) is 0 Å². The fourth-order valence-electron chi connectivity index (χ4n) is 4.13. The van der Waals surface area contributed by atoms with E-state index in [1.54, 1.807) is 24.3 Å². The number of halogens is 3. The van der Waals surface area contributed by atoms with Gasteiger partial charge in [-0.15, -0.1) is 0 Å². The molecule has 0 radical (unpaired) electrons. The van der Waals surface area contributed by atoms with Gasteiger partial charge in [-0.05, 0) is 52.2 Å². The quantitative estimate of drug-likeness (QED) is 0.622. The maximum atomic E-state index is 15.3. The van der Waals surface area contributed by atoms with E-state index < -0.39 is 17.3 Å². The average Bonchev–Trinajstić information content (AvgIpc) is 2.96. The number of hydrogen-bond donors (Lipinski definition) is 3. The van der Waals surface area contributed by atoms with Gasteiger partial charge in [0.1, 0.15) is 23.6 Å². The summed E-state index contributed by atoms with van der Waals surface area (Å²) in [5, 5.41) is 15.2. The number of fused-ring (bicyclic) bond motifs is 2. The van der Waals surface area contributed by atoms with Crippen molar-refractivity contribution in [2.45, 2.75) is 24.3 Å². The highest BCUT2D eigenvalue weighted by atomic mass is 79.9. The van der Waals surface area contributed by atoms with Crippen molar-refractivity contribution in [2.75, 3.05) is 18.5 Å². The lowest BCUT2D eigenvalue weighted by Crippen LogP contribution is -2.53. The van der Waals surface area contributed by atoms with E-state index in [1.165, 1.54) is 6.07 Å². The molecule has 1 saturated heterocycles. The third kappa shape index (κ3) is 3.19. The normalized spacial score (nSPS) is 23.0. The van der Waals surface area contributed by atoms with Crippen molar-refractivity contribution in [1.29, 1.82) is 0 Å². The van der Waals surface area contributed by atoms with Crippen LogP contribution in [0.5, 0.6) is 5.75 Å². The first-order valence-electron chi connectivity index (χ1n) is 9.01. The number of nitrogens with one attached hydrogen (secondary N) is 2. The zero-order chi connectivity index (χ0) is 20.8. The lowest BCUT2D eigenvalue weighted by atomic mass is 9.67. The number of anilines is 1. The Labute approximate surface area is 179 Å². The van der Waals surface area contributed by atoms with Gasteiger partial charge >= 0.3 is 0 Å². The van der Waals surface area contributed by atoms with Crippen LogP contribution in [0.4, 0.5) is 10.1 Å². The molecule has 1 fully saturated rings. The van der Waals surface area contributed by atoms with Crippen molar-refractivity contribution in [1.82, 2.24) is 5.32 Å². The van der Waals surface area contributed by atoms with E-state index in [1.807, 2.05) is 0 Å². The third-order valence-electron chi connectivity index (χ3n) is 5.39. The number of aliphatic hydroxyl groups excluding tert-OH is 1. The topological polar surface area (TPSA) is 87.7 Å². The summed E-state index contributed by atoms with van der Waals surface area (Å²) in [7, 11) is 0. The van der Waals surface area contributed by atoms with Crippen LogP contribution in [0.2, 0.25) is 5.02 Å². The van der Waals surface area contributed by atoms with Crippen molar-refractivity contribution in [3.8, 4) is 5.75 Å². The molecule has 0 aromatic heterocycles. The number of carbonyl (C=O) groups excluding carboxylic acids is 2. The van der Waals surface area contributed by atoms with Gasteiger partial charge in [0, 0.05) is 17.1 Å². The minimum atomic E-state index is -1.22. The van der Waals surface area contributed by atoms with E-state index in [0.29, 0.717) is 16.3 Å². The van der Waals surface area contributed by atoms with Gasteiger partial charge in [-0.1, -0.05) is 17.7 Å². The number of hydrogen-bond acceptors (Lipinski definition) is 4. The van der Waals surface area contributed by atoms with E-state index in [9.17, 15) is 9.59 Å². The minimum Gasteiger partial charge on any atom is -0.491 e. The predicted octanol–water partition coefficient (Wildman–Crippen LogP) is 3.45. The summed E-state index contributed by atoms with van der Waals surface area (Å²) in [6, 6.07) is 7.04. The second-order valence-electron chi connectivity index (χ2n) is 6.96. The molecule has 2 heterocycles. The van der Waals surface area contributed by atoms with E-state index in [4.69, 9.17) is 21.4 Å². The van der Waals surface area contributed by atoms with Crippen LogP contribution >= 0.6 is 27.5 Å². The van der Waals surface area contributed by atoms with E-state index >= 15 is 4.39 Å². The lowest BCUT2D eigenvalue weighted by molar-refractivity contribution is -0.130. The highest BCUT2D eigenvalue weighted by molar-refractivity contribution is 9.10. The van der Waals surface area contributed by atoms with Gasteiger partial charge in [0.2, 0.25) is 11.8 Å². The molecule has 2 aliphatic heterocycles. The molecular weight excluding hydrogens is 467 g/mol. The first-order chi connectivity index (χ1) is 13.9. The Kier molecular flexibility index (Phi) is 5.27. The molecule has 29 heavy (non-hydrogen) atoms. The van der Waals surface area contributed by atoms with Crippen molar-refractivity contribution in [3.05, 3.63) is 56.8 Å². The maximum absolute atomic E-state index is 15.3. The van der Waals surface area contributed by atoms with Crippen molar-refractivity contribution >= 4 is 45.0 Å². The molecule has 0 bridgehead atoms. The van der Waals surface area contributed by atoms with Crippen LogP contribution in [0.25, 0.3) is 0 Å². The number of carbonyl (C=O) groups is 2. The van der Waals surface area contributed by atoms with E-state index in [2.05, 4.69) is 26.6 Å². The molecule has 152 valence electrons. The van der Waals surface area contributed by atoms with Crippen LogP contribution in [0, 0.1) is 5.82 Å². The van der Waals surface area contributed by atoms with Crippen molar-refractivity contribution < 1.29 is 23.8 Å². The van der Waals surface area contributed by atoms with Gasteiger partial charge < -0.3 is 20.5 Å². The number of piperidine rings is 1. The Bertz CT molecular complexity index is 1020. The first kappa shape index (κ1) is 20.1. The van der Waals surface area contributed by atoms with Crippen LogP contribution in [0.15, 0.2) is 34.8 Å². The predicted molar refractivity (Wildman–Crippen MR) is 109 cm³/mol. The smallest absolute Gasteiger partial charge is 0.237 e. The largest absolute Gasteiger partial charge is 0.491 e. The molecule has 1 spiro atoms. The molecule has 0 saturated carbocycles. The summed E-state index contributed by atoms with van der Waals surface area (Å²) in [5.74, 6) is -1.11. The fraction of sp³-hybridized carbons (Fsp3) is 0.300. The number of amides is 2. The first-order valence-corrected chi connectivity index (χ1v) is 10.2. The van der Waals surface area contributed by atoms with Crippen LogP contribution in [-0.4, -0.2) is 30.1 Å². The second-order valence-corrected chi connectivity index (χ2v) is 8.25. The molecule has 2 aromatic carbocycles. The molecule has 2 atom stereocenters. The minimum absolute atomic E-state index is 0.0545. The zero-order valence-corrected chi connectivity index (χ0v) is 17.4.